The van der Waals surface area contributed by atoms with E-state index >= 15 is 0 Å². The van der Waals surface area contributed by atoms with E-state index < -0.39 is 0 Å². The van der Waals surface area contributed by atoms with Gasteiger partial charge in [0.1, 0.15) is 5.75 Å². The van der Waals surface area contributed by atoms with Gasteiger partial charge in [-0.3, -0.25) is 4.99 Å². The molecule has 1 aromatic carbocycles. The van der Waals surface area contributed by atoms with Crippen LogP contribution in [0.3, 0.4) is 0 Å². The molecule has 2 aliphatic rings. The summed E-state index contributed by atoms with van der Waals surface area (Å²) >= 11 is 5.96. The summed E-state index contributed by atoms with van der Waals surface area (Å²) in [5.41, 5.74) is 7.00. The van der Waals surface area contributed by atoms with Crippen molar-refractivity contribution >= 4 is 17.6 Å². The highest BCUT2D eigenvalue weighted by molar-refractivity contribution is 6.32. The Hall–Kier alpha value is -1.42. The van der Waals surface area contributed by atoms with Crippen LogP contribution in [0.1, 0.15) is 24.4 Å². The van der Waals surface area contributed by atoms with Crippen LogP contribution >= 0.6 is 11.6 Å². The number of hydrogen-bond donors (Lipinski definition) is 2. The van der Waals surface area contributed by atoms with Crippen LogP contribution in [0.5, 0.6) is 5.75 Å². The van der Waals surface area contributed by atoms with Gasteiger partial charge < -0.3 is 15.7 Å². The van der Waals surface area contributed by atoms with Gasteiger partial charge in [0.25, 0.3) is 0 Å². The highest BCUT2D eigenvalue weighted by atomic mass is 35.5. The van der Waals surface area contributed by atoms with E-state index in [4.69, 9.17) is 17.3 Å². The van der Waals surface area contributed by atoms with E-state index in [1.165, 1.54) is 12.8 Å². The van der Waals surface area contributed by atoms with E-state index in [1.54, 1.807) is 12.1 Å². The fourth-order valence-corrected chi connectivity index (χ4v) is 2.53. The van der Waals surface area contributed by atoms with Crippen LogP contribution in [0.2, 0.25) is 5.02 Å². The minimum atomic E-state index is 0.112. The van der Waals surface area contributed by atoms with E-state index in [2.05, 4.69) is 9.89 Å². The number of benzene rings is 1. The highest BCUT2D eigenvalue weighted by Gasteiger charge is 2.33. The summed E-state index contributed by atoms with van der Waals surface area (Å²) < 4.78 is 0. The quantitative estimate of drug-likeness (QED) is 0.880. The van der Waals surface area contributed by atoms with E-state index in [-0.39, 0.29) is 11.8 Å². The molecule has 1 atom stereocenters. The molecule has 1 aliphatic heterocycles. The normalized spacial score (nSPS) is 23.3. The Morgan fingerprint density at radius 3 is 2.89 bits per heavy atom. The van der Waals surface area contributed by atoms with Gasteiger partial charge in [0.2, 0.25) is 0 Å². The molecule has 0 bridgehead atoms. The number of aliphatic imine (C=N–C) groups is 1. The maximum atomic E-state index is 9.46. The van der Waals surface area contributed by atoms with Crippen molar-refractivity contribution in [2.75, 3.05) is 13.1 Å². The van der Waals surface area contributed by atoms with E-state index in [0.717, 1.165) is 18.0 Å². The molecule has 0 amide bonds. The van der Waals surface area contributed by atoms with Gasteiger partial charge in [-0.2, -0.15) is 0 Å². The van der Waals surface area contributed by atoms with Crippen molar-refractivity contribution < 1.29 is 5.11 Å². The van der Waals surface area contributed by atoms with Crippen LogP contribution in [0.25, 0.3) is 0 Å². The first-order valence-electron chi connectivity index (χ1n) is 6.20. The van der Waals surface area contributed by atoms with E-state index in [9.17, 15) is 5.11 Å². The molecule has 1 fully saturated rings. The summed E-state index contributed by atoms with van der Waals surface area (Å²) in [5.74, 6) is 1.49. The standard InChI is InChI=1S/C13H16ClN3O/c14-10-5-9(3-4-12(10)18)11-6-16-13(15)17(11)7-8-1-2-8/h3-5,8,11,18H,1-2,6-7H2,(H2,15,16). The third kappa shape index (κ3) is 2.12. The molecule has 96 valence electrons. The number of guanidine groups is 1. The zero-order valence-electron chi connectivity index (χ0n) is 10.0. The maximum absolute atomic E-state index is 9.46. The Bertz CT molecular complexity index is 499. The molecule has 18 heavy (non-hydrogen) atoms. The molecule has 0 aromatic heterocycles. The molecular weight excluding hydrogens is 250 g/mol. The predicted octanol–water partition coefficient (Wildman–Crippen LogP) is 2.13. The van der Waals surface area contributed by atoms with Gasteiger partial charge in [-0.25, -0.2) is 0 Å². The van der Waals surface area contributed by atoms with Crippen molar-refractivity contribution in [1.82, 2.24) is 4.90 Å². The molecular formula is C13H16ClN3O. The van der Waals surface area contributed by atoms with E-state index in [1.807, 2.05) is 6.07 Å². The Morgan fingerprint density at radius 2 is 2.22 bits per heavy atom. The fourth-order valence-electron chi connectivity index (χ4n) is 2.34. The van der Waals surface area contributed by atoms with Crippen LogP contribution in [-0.4, -0.2) is 29.1 Å². The van der Waals surface area contributed by atoms with Gasteiger partial charge in [-0.05, 0) is 36.5 Å². The molecule has 1 aromatic rings. The zero-order chi connectivity index (χ0) is 12.7. The largest absolute Gasteiger partial charge is 0.506 e. The van der Waals surface area contributed by atoms with Crippen LogP contribution in [0.4, 0.5) is 0 Å². The number of rotatable bonds is 3. The second kappa shape index (κ2) is 4.35. The number of phenols is 1. The highest BCUT2D eigenvalue weighted by Crippen LogP contribution is 2.36. The number of hydrogen-bond acceptors (Lipinski definition) is 4. The first kappa shape index (κ1) is 11.7. The fraction of sp³-hybridized carbons (Fsp3) is 0.462. The SMILES string of the molecule is NC1=NCC(c2ccc(O)c(Cl)c2)N1CC1CC1. The number of halogens is 1. The number of nitrogens with zero attached hydrogens (tertiary/aromatic N) is 2. The molecule has 4 nitrogen and oxygen atoms in total. The number of nitrogens with two attached hydrogens (primary N) is 1. The molecule has 1 heterocycles. The van der Waals surface area contributed by atoms with Gasteiger partial charge in [-0.1, -0.05) is 17.7 Å². The average molecular weight is 266 g/mol. The molecule has 0 radical (unpaired) electrons. The summed E-state index contributed by atoms with van der Waals surface area (Å²) in [6.45, 7) is 1.64. The minimum Gasteiger partial charge on any atom is -0.506 e. The van der Waals surface area contributed by atoms with Crippen LogP contribution in [-0.2, 0) is 0 Å². The lowest BCUT2D eigenvalue weighted by Gasteiger charge is -2.26. The Labute approximate surface area is 111 Å². The number of aromatic hydroxyl groups is 1. The smallest absolute Gasteiger partial charge is 0.191 e. The summed E-state index contributed by atoms with van der Waals surface area (Å²) in [4.78, 5) is 6.48. The monoisotopic (exact) mass is 265 g/mol. The average Bonchev–Trinajstić information content (AvgIpc) is 3.09. The van der Waals surface area contributed by atoms with Crippen LogP contribution < -0.4 is 5.73 Å². The Balaban J connectivity index is 1.83. The Kier molecular flexibility index (Phi) is 2.82. The van der Waals surface area contributed by atoms with Gasteiger partial charge in [0, 0.05) is 6.54 Å². The van der Waals surface area contributed by atoms with Gasteiger partial charge >= 0.3 is 0 Å². The van der Waals surface area contributed by atoms with Gasteiger partial charge in [0.05, 0.1) is 17.6 Å². The minimum absolute atomic E-state index is 0.112. The van der Waals surface area contributed by atoms with Crippen molar-refractivity contribution in [2.24, 2.45) is 16.6 Å². The van der Waals surface area contributed by atoms with Crippen molar-refractivity contribution in [3.05, 3.63) is 28.8 Å². The van der Waals surface area contributed by atoms with Gasteiger partial charge in [-0.15, -0.1) is 0 Å². The van der Waals surface area contributed by atoms with Crippen molar-refractivity contribution in [1.29, 1.82) is 0 Å². The predicted molar refractivity (Wildman–Crippen MR) is 71.8 cm³/mol. The zero-order valence-corrected chi connectivity index (χ0v) is 10.8. The molecule has 1 aliphatic carbocycles. The topological polar surface area (TPSA) is 61.9 Å². The van der Waals surface area contributed by atoms with Crippen molar-refractivity contribution in [3.8, 4) is 5.75 Å². The Morgan fingerprint density at radius 1 is 1.44 bits per heavy atom. The van der Waals surface area contributed by atoms with Crippen molar-refractivity contribution in [2.45, 2.75) is 18.9 Å². The lowest BCUT2D eigenvalue weighted by Crippen LogP contribution is -2.37. The molecule has 0 spiro atoms. The van der Waals surface area contributed by atoms with Crippen molar-refractivity contribution in [3.63, 3.8) is 0 Å². The second-order valence-electron chi connectivity index (χ2n) is 5.02. The first-order chi connectivity index (χ1) is 8.65. The second-order valence-corrected chi connectivity index (χ2v) is 5.43. The number of phenolic OH excluding ortho intramolecular Hbond substituents is 1. The summed E-state index contributed by atoms with van der Waals surface area (Å²) in [6, 6.07) is 5.47. The summed E-state index contributed by atoms with van der Waals surface area (Å²) in [7, 11) is 0. The first-order valence-corrected chi connectivity index (χ1v) is 6.58. The molecule has 1 saturated carbocycles. The summed E-state index contributed by atoms with van der Waals surface area (Å²) in [6.07, 6.45) is 2.57. The third-order valence-corrected chi connectivity index (χ3v) is 3.91. The maximum Gasteiger partial charge on any atom is 0.191 e. The molecule has 1 unspecified atom stereocenters. The third-order valence-electron chi connectivity index (χ3n) is 3.61. The lowest BCUT2D eigenvalue weighted by atomic mass is 10.1. The molecule has 5 heteroatoms. The van der Waals surface area contributed by atoms with Gasteiger partial charge in [0.15, 0.2) is 5.96 Å². The van der Waals surface area contributed by atoms with E-state index in [0.29, 0.717) is 17.5 Å². The molecule has 3 N–H and O–H groups in total. The molecule has 3 rings (SSSR count). The van der Waals surface area contributed by atoms with Crippen LogP contribution in [0.15, 0.2) is 23.2 Å². The summed E-state index contributed by atoms with van der Waals surface area (Å²) in [5, 5.41) is 9.84. The lowest BCUT2D eigenvalue weighted by molar-refractivity contribution is 0.333. The molecule has 0 saturated heterocycles. The van der Waals surface area contributed by atoms with Crippen LogP contribution in [0, 0.1) is 5.92 Å².